The van der Waals surface area contributed by atoms with Gasteiger partial charge in [0.05, 0.1) is 6.61 Å². The average molecular weight is 192 g/mol. The predicted octanol–water partition coefficient (Wildman–Crippen LogP) is 3.81. The van der Waals surface area contributed by atoms with Gasteiger partial charge >= 0.3 is 0 Å². The van der Waals surface area contributed by atoms with Crippen molar-refractivity contribution in [2.75, 3.05) is 6.61 Å². The van der Waals surface area contributed by atoms with Crippen molar-refractivity contribution in [2.45, 2.75) is 33.6 Å². The molecule has 0 spiro atoms. The Kier molecular flexibility index (Phi) is 4.51. The fourth-order valence-electron chi connectivity index (χ4n) is 1.45. The SMILES string of the molecule is CCC(CC)COc1ccccc1C. The summed E-state index contributed by atoms with van der Waals surface area (Å²) in [6.07, 6.45) is 2.39. The quantitative estimate of drug-likeness (QED) is 0.689. The monoisotopic (exact) mass is 192 g/mol. The van der Waals surface area contributed by atoms with E-state index in [9.17, 15) is 0 Å². The first kappa shape index (κ1) is 11.1. The minimum atomic E-state index is 0.689. The minimum absolute atomic E-state index is 0.689. The van der Waals surface area contributed by atoms with E-state index in [1.165, 1.54) is 18.4 Å². The molecule has 0 aliphatic heterocycles. The lowest BCUT2D eigenvalue weighted by molar-refractivity contribution is 0.239. The van der Waals surface area contributed by atoms with E-state index in [1.807, 2.05) is 18.2 Å². The highest BCUT2D eigenvalue weighted by Crippen LogP contribution is 2.18. The van der Waals surface area contributed by atoms with Crippen LogP contribution in [0, 0.1) is 12.8 Å². The molecule has 78 valence electrons. The van der Waals surface area contributed by atoms with Crippen molar-refractivity contribution >= 4 is 0 Å². The highest BCUT2D eigenvalue weighted by molar-refractivity contribution is 5.31. The maximum absolute atomic E-state index is 5.78. The van der Waals surface area contributed by atoms with Gasteiger partial charge in [0.25, 0.3) is 0 Å². The maximum Gasteiger partial charge on any atom is 0.122 e. The van der Waals surface area contributed by atoms with E-state index < -0.39 is 0 Å². The normalized spacial score (nSPS) is 10.6. The molecule has 0 amide bonds. The largest absolute Gasteiger partial charge is 0.493 e. The summed E-state index contributed by atoms with van der Waals surface area (Å²) < 4.78 is 5.78. The molecule has 0 radical (unpaired) electrons. The second kappa shape index (κ2) is 5.69. The van der Waals surface area contributed by atoms with E-state index >= 15 is 0 Å². The molecule has 0 aromatic heterocycles. The number of rotatable bonds is 5. The molecule has 0 saturated heterocycles. The van der Waals surface area contributed by atoms with Crippen LogP contribution < -0.4 is 4.74 Å². The summed E-state index contributed by atoms with van der Waals surface area (Å²) in [6.45, 7) is 7.37. The van der Waals surface area contributed by atoms with Crippen LogP contribution in [0.2, 0.25) is 0 Å². The summed E-state index contributed by atoms with van der Waals surface area (Å²) >= 11 is 0. The number of hydrogen-bond acceptors (Lipinski definition) is 1. The topological polar surface area (TPSA) is 9.23 Å². The fraction of sp³-hybridized carbons (Fsp3) is 0.538. The van der Waals surface area contributed by atoms with Crippen molar-refractivity contribution < 1.29 is 4.74 Å². The summed E-state index contributed by atoms with van der Waals surface area (Å²) in [5, 5.41) is 0. The standard InChI is InChI=1S/C13H20O/c1-4-12(5-2)10-14-13-9-7-6-8-11(13)3/h6-9,12H,4-5,10H2,1-3H3. The predicted molar refractivity (Wildman–Crippen MR) is 60.7 cm³/mol. The molecule has 1 rings (SSSR count). The molecule has 1 aromatic carbocycles. The van der Waals surface area contributed by atoms with Crippen LogP contribution in [0.25, 0.3) is 0 Å². The molecular weight excluding hydrogens is 172 g/mol. The van der Waals surface area contributed by atoms with Crippen LogP contribution in [0.4, 0.5) is 0 Å². The van der Waals surface area contributed by atoms with Gasteiger partial charge in [0.2, 0.25) is 0 Å². The lowest BCUT2D eigenvalue weighted by Crippen LogP contribution is -2.10. The first-order valence-corrected chi connectivity index (χ1v) is 5.46. The lowest BCUT2D eigenvalue weighted by atomic mass is 10.1. The summed E-state index contributed by atoms with van der Waals surface area (Å²) in [4.78, 5) is 0. The van der Waals surface area contributed by atoms with Crippen molar-refractivity contribution in [1.29, 1.82) is 0 Å². The summed E-state index contributed by atoms with van der Waals surface area (Å²) in [5.74, 6) is 1.72. The number of ether oxygens (including phenoxy) is 1. The molecule has 1 heteroatoms. The van der Waals surface area contributed by atoms with Crippen LogP contribution in [0.15, 0.2) is 24.3 Å². The second-order valence-corrected chi connectivity index (χ2v) is 3.76. The maximum atomic E-state index is 5.78. The Morgan fingerprint density at radius 3 is 2.36 bits per heavy atom. The van der Waals surface area contributed by atoms with E-state index in [0.29, 0.717) is 5.92 Å². The van der Waals surface area contributed by atoms with E-state index in [4.69, 9.17) is 4.74 Å². The molecule has 0 aliphatic rings. The van der Waals surface area contributed by atoms with E-state index in [-0.39, 0.29) is 0 Å². The summed E-state index contributed by atoms with van der Waals surface area (Å²) in [5.41, 5.74) is 1.22. The third kappa shape index (κ3) is 3.06. The zero-order valence-electron chi connectivity index (χ0n) is 9.42. The average Bonchev–Trinajstić information content (AvgIpc) is 2.22. The van der Waals surface area contributed by atoms with Crippen LogP contribution in [0.5, 0.6) is 5.75 Å². The smallest absolute Gasteiger partial charge is 0.122 e. The first-order chi connectivity index (χ1) is 6.77. The van der Waals surface area contributed by atoms with Gasteiger partial charge in [-0.05, 0) is 24.5 Å². The zero-order valence-corrected chi connectivity index (χ0v) is 9.42. The molecule has 0 fully saturated rings. The van der Waals surface area contributed by atoms with Crippen molar-refractivity contribution in [3.8, 4) is 5.75 Å². The van der Waals surface area contributed by atoms with Gasteiger partial charge in [-0.1, -0.05) is 44.9 Å². The number of para-hydroxylation sites is 1. The van der Waals surface area contributed by atoms with Gasteiger partial charge in [0.15, 0.2) is 0 Å². The molecule has 0 atom stereocenters. The van der Waals surface area contributed by atoms with Crippen LogP contribution in [0.3, 0.4) is 0 Å². The molecular formula is C13H20O. The molecule has 0 bridgehead atoms. The van der Waals surface area contributed by atoms with Crippen molar-refractivity contribution in [3.63, 3.8) is 0 Å². The highest BCUT2D eigenvalue weighted by Gasteiger charge is 2.05. The van der Waals surface area contributed by atoms with Crippen LogP contribution in [-0.2, 0) is 0 Å². The Morgan fingerprint density at radius 1 is 1.14 bits per heavy atom. The Morgan fingerprint density at radius 2 is 1.79 bits per heavy atom. The van der Waals surface area contributed by atoms with Gasteiger partial charge in [-0.2, -0.15) is 0 Å². The molecule has 14 heavy (non-hydrogen) atoms. The molecule has 0 saturated carbocycles. The number of hydrogen-bond donors (Lipinski definition) is 0. The first-order valence-electron chi connectivity index (χ1n) is 5.46. The van der Waals surface area contributed by atoms with Gasteiger partial charge in [0.1, 0.15) is 5.75 Å². The minimum Gasteiger partial charge on any atom is -0.493 e. The van der Waals surface area contributed by atoms with Gasteiger partial charge < -0.3 is 4.74 Å². The van der Waals surface area contributed by atoms with Crippen molar-refractivity contribution in [1.82, 2.24) is 0 Å². The molecule has 0 heterocycles. The Bertz CT molecular complexity index is 264. The summed E-state index contributed by atoms with van der Waals surface area (Å²) in [7, 11) is 0. The van der Waals surface area contributed by atoms with Gasteiger partial charge in [0, 0.05) is 0 Å². The molecule has 0 N–H and O–H groups in total. The van der Waals surface area contributed by atoms with Crippen molar-refractivity contribution in [3.05, 3.63) is 29.8 Å². The Hall–Kier alpha value is -0.980. The Labute approximate surface area is 87.1 Å². The highest BCUT2D eigenvalue weighted by atomic mass is 16.5. The molecule has 1 nitrogen and oxygen atoms in total. The number of benzene rings is 1. The lowest BCUT2D eigenvalue weighted by Gasteiger charge is -2.14. The third-order valence-electron chi connectivity index (χ3n) is 2.72. The second-order valence-electron chi connectivity index (χ2n) is 3.76. The van der Waals surface area contributed by atoms with E-state index in [2.05, 4.69) is 26.8 Å². The van der Waals surface area contributed by atoms with Gasteiger partial charge in [-0.15, -0.1) is 0 Å². The molecule has 1 aromatic rings. The third-order valence-corrected chi connectivity index (χ3v) is 2.72. The summed E-state index contributed by atoms with van der Waals surface area (Å²) in [6, 6.07) is 8.19. The van der Waals surface area contributed by atoms with Gasteiger partial charge in [-0.25, -0.2) is 0 Å². The fourth-order valence-corrected chi connectivity index (χ4v) is 1.45. The number of aryl methyl sites for hydroxylation is 1. The van der Waals surface area contributed by atoms with Crippen LogP contribution >= 0.6 is 0 Å². The van der Waals surface area contributed by atoms with Crippen LogP contribution in [0.1, 0.15) is 32.3 Å². The molecule has 0 aliphatic carbocycles. The van der Waals surface area contributed by atoms with E-state index in [1.54, 1.807) is 0 Å². The van der Waals surface area contributed by atoms with Crippen molar-refractivity contribution in [2.24, 2.45) is 5.92 Å². The van der Waals surface area contributed by atoms with Gasteiger partial charge in [-0.3, -0.25) is 0 Å². The Balaban J connectivity index is 2.49. The molecule has 0 unspecified atom stereocenters. The van der Waals surface area contributed by atoms with E-state index in [0.717, 1.165) is 12.4 Å². The zero-order chi connectivity index (χ0) is 10.4. The van der Waals surface area contributed by atoms with Crippen LogP contribution in [-0.4, -0.2) is 6.61 Å².